The highest BCUT2D eigenvalue weighted by Crippen LogP contribution is 2.61. The molecule has 3 aliphatic carbocycles. The maximum atomic E-state index is 10.2. The van der Waals surface area contributed by atoms with Crippen molar-refractivity contribution >= 4 is 0 Å². The number of benzene rings is 1. The third-order valence-corrected chi connectivity index (χ3v) is 7.02. The summed E-state index contributed by atoms with van der Waals surface area (Å²) >= 11 is 0. The van der Waals surface area contributed by atoms with E-state index in [4.69, 9.17) is 4.74 Å². The van der Waals surface area contributed by atoms with Gasteiger partial charge in [-0.25, -0.2) is 0 Å². The quantitative estimate of drug-likeness (QED) is 0.817. The minimum absolute atomic E-state index is 0.222. The normalized spacial score (nSPS) is 36.5. The summed E-state index contributed by atoms with van der Waals surface area (Å²) in [5.41, 5.74) is 4.59. The number of aliphatic hydroxyl groups is 1. The van der Waals surface area contributed by atoms with Crippen LogP contribution in [-0.2, 0) is 6.42 Å². The van der Waals surface area contributed by atoms with Crippen molar-refractivity contribution in [2.24, 2.45) is 17.3 Å². The zero-order valence-electron chi connectivity index (χ0n) is 14.5. The van der Waals surface area contributed by atoms with E-state index in [9.17, 15) is 5.11 Å². The Kier molecular flexibility index (Phi) is 3.57. The molecule has 1 N–H and O–H groups in total. The van der Waals surface area contributed by atoms with Gasteiger partial charge in [0, 0.05) is 0 Å². The molecule has 23 heavy (non-hydrogen) atoms. The van der Waals surface area contributed by atoms with Crippen LogP contribution in [0, 0.1) is 17.3 Å². The molecule has 0 spiro atoms. The van der Waals surface area contributed by atoms with E-state index >= 15 is 0 Å². The number of hydrogen-bond donors (Lipinski definition) is 1. The monoisotopic (exact) mass is 312 g/mol. The minimum atomic E-state index is -0.290. The van der Waals surface area contributed by atoms with Crippen LogP contribution in [0.3, 0.4) is 0 Å². The van der Waals surface area contributed by atoms with Crippen LogP contribution in [0.2, 0.25) is 0 Å². The van der Waals surface area contributed by atoms with Gasteiger partial charge in [0.25, 0.3) is 0 Å². The third-order valence-electron chi connectivity index (χ3n) is 7.02. The van der Waals surface area contributed by atoms with Gasteiger partial charge in [-0.2, -0.15) is 0 Å². The van der Waals surface area contributed by atoms with Crippen molar-refractivity contribution in [3.05, 3.63) is 41.0 Å². The highest BCUT2D eigenvalue weighted by Gasteiger charge is 2.52. The van der Waals surface area contributed by atoms with Crippen molar-refractivity contribution in [1.29, 1.82) is 0 Å². The molecule has 1 aromatic carbocycles. The molecular formula is C21H28O2. The zero-order chi connectivity index (χ0) is 16.2. The summed E-state index contributed by atoms with van der Waals surface area (Å²) in [6.07, 6.45) is 8.13. The van der Waals surface area contributed by atoms with Gasteiger partial charge in [-0.1, -0.05) is 19.1 Å². The van der Waals surface area contributed by atoms with Gasteiger partial charge in [0.1, 0.15) is 5.75 Å². The molecule has 124 valence electrons. The Morgan fingerprint density at radius 1 is 1.30 bits per heavy atom. The molecule has 2 nitrogen and oxygen atoms in total. The fourth-order valence-electron chi connectivity index (χ4n) is 5.93. The first-order valence-corrected chi connectivity index (χ1v) is 9.10. The van der Waals surface area contributed by atoms with Crippen molar-refractivity contribution in [2.45, 2.75) is 58.0 Å². The largest absolute Gasteiger partial charge is 0.497 e. The molecule has 2 heteroatoms. The topological polar surface area (TPSA) is 29.5 Å². The van der Waals surface area contributed by atoms with Crippen molar-refractivity contribution in [2.75, 3.05) is 7.11 Å². The molecule has 0 saturated heterocycles. The maximum Gasteiger partial charge on any atom is 0.119 e. The first-order valence-electron chi connectivity index (χ1n) is 9.10. The van der Waals surface area contributed by atoms with Gasteiger partial charge in [-0.3, -0.25) is 0 Å². The van der Waals surface area contributed by atoms with E-state index in [1.54, 1.807) is 12.7 Å². The molecule has 0 aliphatic heterocycles. The number of fused-ring (bicyclic) bond motifs is 5. The number of allylic oxidation sites excluding steroid dienone is 1. The number of ether oxygens (including phenoxy) is 1. The first-order chi connectivity index (χ1) is 11.0. The van der Waals surface area contributed by atoms with Crippen molar-refractivity contribution in [3.63, 3.8) is 0 Å². The molecule has 0 bridgehead atoms. The van der Waals surface area contributed by atoms with Crippen LogP contribution in [0.1, 0.15) is 56.6 Å². The number of aryl methyl sites for hydroxylation is 1. The van der Waals surface area contributed by atoms with Gasteiger partial charge in [0.15, 0.2) is 0 Å². The molecule has 0 aromatic heterocycles. The Morgan fingerprint density at radius 3 is 2.87 bits per heavy atom. The van der Waals surface area contributed by atoms with Crippen LogP contribution in [0.25, 0.3) is 0 Å². The van der Waals surface area contributed by atoms with Gasteiger partial charge in [-0.15, -0.1) is 0 Å². The first kappa shape index (κ1) is 15.3. The maximum absolute atomic E-state index is 10.2. The molecule has 4 rings (SSSR count). The van der Waals surface area contributed by atoms with Crippen LogP contribution < -0.4 is 4.74 Å². The van der Waals surface area contributed by atoms with Crippen molar-refractivity contribution < 1.29 is 9.84 Å². The van der Waals surface area contributed by atoms with Gasteiger partial charge < -0.3 is 9.84 Å². The van der Waals surface area contributed by atoms with E-state index in [0.717, 1.165) is 18.1 Å². The van der Waals surface area contributed by atoms with Gasteiger partial charge in [0.2, 0.25) is 0 Å². The van der Waals surface area contributed by atoms with Gasteiger partial charge in [-0.05, 0) is 91.0 Å². The number of methoxy groups -OCH3 is 1. The molecular weight excluding hydrogens is 284 g/mol. The average molecular weight is 312 g/mol. The van der Waals surface area contributed by atoms with Gasteiger partial charge in [0.05, 0.1) is 13.2 Å². The summed E-state index contributed by atoms with van der Waals surface area (Å²) in [5.74, 6) is 3.16. The Bertz CT molecular complexity index is 645. The van der Waals surface area contributed by atoms with Crippen LogP contribution in [0.4, 0.5) is 0 Å². The second kappa shape index (κ2) is 5.37. The molecule has 0 unspecified atom stereocenters. The molecule has 0 heterocycles. The molecule has 0 amide bonds. The average Bonchev–Trinajstić information content (AvgIpc) is 2.91. The Balaban J connectivity index is 1.66. The molecule has 5 atom stereocenters. The predicted octanol–water partition coefficient (Wildman–Crippen LogP) is 4.47. The second-order valence-corrected chi connectivity index (χ2v) is 8.01. The van der Waals surface area contributed by atoms with E-state index < -0.39 is 0 Å². The van der Waals surface area contributed by atoms with Crippen LogP contribution in [-0.4, -0.2) is 18.3 Å². The van der Waals surface area contributed by atoms with Crippen LogP contribution in [0.15, 0.2) is 29.8 Å². The summed E-state index contributed by atoms with van der Waals surface area (Å²) in [6.45, 7) is 4.34. The fraction of sp³-hybridized carbons (Fsp3) is 0.619. The molecule has 1 fully saturated rings. The Hall–Kier alpha value is -1.28. The summed E-state index contributed by atoms with van der Waals surface area (Å²) < 4.78 is 5.41. The molecule has 1 saturated carbocycles. The highest BCUT2D eigenvalue weighted by atomic mass is 16.5. The standard InChI is InChI=1S/C21H28O2/c1-13(22)19-8-9-20-18-6-4-14-12-15(23-3)5-7-16(14)17(18)10-11-21(19,20)2/h5,7-8,12-13,17-18,20,22H,4,6,9-11H2,1-3H3/t13-,17-,18-,20+,21-/m0/s1. The number of rotatable bonds is 2. The molecule has 1 aromatic rings. The second-order valence-electron chi connectivity index (χ2n) is 8.01. The summed E-state index contributed by atoms with van der Waals surface area (Å²) in [4.78, 5) is 0. The number of hydrogen-bond acceptors (Lipinski definition) is 2. The fourth-order valence-corrected chi connectivity index (χ4v) is 5.93. The van der Waals surface area contributed by atoms with Crippen molar-refractivity contribution in [3.8, 4) is 5.75 Å². The van der Waals surface area contributed by atoms with E-state index in [-0.39, 0.29) is 11.5 Å². The van der Waals surface area contributed by atoms with E-state index in [2.05, 4.69) is 31.2 Å². The van der Waals surface area contributed by atoms with E-state index in [0.29, 0.717) is 11.8 Å². The Labute approximate surface area is 139 Å². The van der Waals surface area contributed by atoms with Gasteiger partial charge >= 0.3 is 0 Å². The minimum Gasteiger partial charge on any atom is -0.497 e. The van der Waals surface area contributed by atoms with E-state index in [1.807, 2.05) is 6.92 Å². The molecule has 3 aliphatic rings. The van der Waals surface area contributed by atoms with E-state index in [1.165, 1.54) is 36.8 Å². The lowest BCUT2D eigenvalue weighted by molar-refractivity contribution is 0.0581. The molecule has 0 radical (unpaired) electrons. The summed E-state index contributed by atoms with van der Waals surface area (Å²) in [6, 6.07) is 6.68. The highest BCUT2D eigenvalue weighted by molar-refractivity contribution is 5.41. The lowest BCUT2D eigenvalue weighted by Crippen LogP contribution is -2.42. The summed E-state index contributed by atoms with van der Waals surface area (Å²) in [5, 5.41) is 10.2. The Morgan fingerprint density at radius 2 is 2.13 bits per heavy atom. The van der Waals surface area contributed by atoms with Crippen LogP contribution in [0.5, 0.6) is 5.75 Å². The predicted molar refractivity (Wildman–Crippen MR) is 92.8 cm³/mol. The van der Waals surface area contributed by atoms with Crippen molar-refractivity contribution in [1.82, 2.24) is 0 Å². The lowest BCUT2D eigenvalue weighted by Gasteiger charge is -2.50. The zero-order valence-corrected chi connectivity index (χ0v) is 14.5. The SMILES string of the molecule is COc1ccc2c(c1)CC[C@@H]1[C@H]3CC=C([C@H](C)O)[C@]3(C)CC[C@@H]21. The van der Waals surface area contributed by atoms with Crippen LogP contribution >= 0.6 is 0 Å². The summed E-state index contributed by atoms with van der Waals surface area (Å²) in [7, 11) is 1.75. The smallest absolute Gasteiger partial charge is 0.119 e. The number of aliphatic hydroxyl groups excluding tert-OH is 1. The lowest BCUT2D eigenvalue weighted by atomic mass is 9.54. The third kappa shape index (κ3) is 2.18.